The fourth-order valence-electron chi connectivity index (χ4n) is 1.91. The van der Waals surface area contributed by atoms with Crippen molar-refractivity contribution in [3.63, 3.8) is 0 Å². The minimum atomic E-state index is -0.627. The summed E-state index contributed by atoms with van der Waals surface area (Å²) in [5, 5.41) is 8.90. The number of rotatable bonds is 3. The van der Waals surface area contributed by atoms with Gasteiger partial charge in [-0.2, -0.15) is 0 Å². The summed E-state index contributed by atoms with van der Waals surface area (Å²) in [7, 11) is 0. The van der Waals surface area contributed by atoms with Gasteiger partial charge in [0.2, 0.25) is 0 Å². The molecule has 1 aliphatic rings. The average Bonchev–Trinajstić information content (AvgIpc) is 2.47. The van der Waals surface area contributed by atoms with Crippen molar-refractivity contribution in [1.29, 1.82) is 0 Å². The van der Waals surface area contributed by atoms with Gasteiger partial charge in [-0.1, -0.05) is 20.3 Å². The fourth-order valence-corrected chi connectivity index (χ4v) is 1.91. The summed E-state index contributed by atoms with van der Waals surface area (Å²) in [6.07, 6.45) is 0.980. The third-order valence-corrected chi connectivity index (χ3v) is 2.81. The predicted molar refractivity (Wildman–Crippen MR) is 47.0 cm³/mol. The van der Waals surface area contributed by atoms with Crippen molar-refractivity contribution in [3.8, 4) is 0 Å². The maximum absolute atomic E-state index is 10.8. The number of hydrogen-bond donors (Lipinski definition) is 1. The number of carboxylic acids is 1. The Morgan fingerprint density at radius 2 is 2.17 bits per heavy atom. The molecule has 0 spiro atoms. The van der Waals surface area contributed by atoms with Crippen molar-refractivity contribution < 1.29 is 9.90 Å². The number of aliphatic carboxylic acids is 1. The van der Waals surface area contributed by atoms with Gasteiger partial charge in [0.25, 0.3) is 0 Å². The Morgan fingerprint density at radius 3 is 2.50 bits per heavy atom. The van der Waals surface area contributed by atoms with Gasteiger partial charge in [-0.15, -0.1) is 0 Å². The third kappa shape index (κ3) is 1.78. The molecule has 2 unspecified atom stereocenters. The van der Waals surface area contributed by atoms with E-state index in [1.54, 1.807) is 0 Å². The lowest BCUT2D eigenvalue weighted by Gasteiger charge is -2.10. The van der Waals surface area contributed by atoms with Crippen molar-refractivity contribution in [1.82, 2.24) is 4.90 Å². The Morgan fingerprint density at radius 1 is 1.50 bits per heavy atom. The number of carbonyl (C=O) groups is 1. The molecular weight excluding hydrogens is 154 g/mol. The van der Waals surface area contributed by atoms with E-state index in [0.717, 1.165) is 26.1 Å². The van der Waals surface area contributed by atoms with E-state index in [4.69, 9.17) is 5.11 Å². The molecule has 0 amide bonds. The molecule has 0 saturated carbocycles. The Kier molecular flexibility index (Phi) is 3.09. The number of carboxylic acid groups (broad SMARTS) is 1. The van der Waals surface area contributed by atoms with Gasteiger partial charge in [0.05, 0.1) is 5.92 Å². The summed E-state index contributed by atoms with van der Waals surface area (Å²) in [6.45, 7) is 6.82. The van der Waals surface area contributed by atoms with Crippen molar-refractivity contribution in [3.05, 3.63) is 0 Å². The molecule has 0 aromatic heterocycles. The van der Waals surface area contributed by atoms with Crippen molar-refractivity contribution >= 4 is 5.97 Å². The Hall–Kier alpha value is -0.570. The van der Waals surface area contributed by atoms with E-state index in [-0.39, 0.29) is 5.92 Å². The van der Waals surface area contributed by atoms with Gasteiger partial charge in [-0.05, 0) is 12.5 Å². The summed E-state index contributed by atoms with van der Waals surface area (Å²) in [5.41, 5.74) is 0. The highest BCUT2D eigenvalue weighted by Crippen LogP contribution is 2.25. The molecule has 1 aliphatic heterocycles. The smallest absolute Gasteiger partial charge is 0.308 e. The summed E-state index contributed by atoms with van der Waals surface area (Å²) in [6, 6.07) is 0. The molecule has 12 heavy (non-hydrogen) atoms. The van der Waals surface area contributed by atoms with Crippen LogP contribution in [0.15, 0.2) is 0 Å². The van der Waals surface area contributed by atoms with E-state index < -0.39 is 5.97 Å². The van der Waals surface area contributed by atoms with Crippen LogP contribution in [0, 0.1) is 11.8 Å². The highest BCUT2D eigenvalue weighted by atomic mass is 16.4. The lowest BCUT2D eigenvalue weighted by atomic mass is 9.94. The molecule has 0 aromatic carbocycles. The summed E-state index contributed by atoms with van der Waals surface area (Å²) in [4.78, 5) is 13.0. The van der Waals surface area contributed by atoms with E-state index in [9.17, 15) is 4.79 Å². The SMILES string of the molecule is CCC1CN(CC)CC1C(=O)O. The van der Waals surface area contributed by atoms with Crippen LogP contribution in [0.25, 0.3) is 0 Å². The van der Waals surface area contributed by atoms with Crippen molar-refractivity contribution in [2.24, 2.45) is 11.8 Å². The first-order valence-corrected chi connectivity index (χ1v) is 4.64. The van der Waals surface area contributed by atoms with Gasteiger partial charge in [0.1, 0.15) is 0 Å². The standard InChI is InChI=1S/C9H17NO2/c1-3-7-5-10(4-2)6-8(7)9(11)12/h7-8H,3-6H2,1-2H3,(H,11,12). The minimum absolute atomic E-state index is 0.130. The maximum atomic E-state index is 10.8. The Labute approximate surface area is 73.4 Å². The van der Waals surface area contributed by atoms with Gasteiger partial charge in [-0.3, -0.25) is 4.79 Å². The maximum Gasteiger partial charge on any atom is 0.308 e. The van der Waals surface area contributed by atoms with E-state index in [1.165, 1.54) is 0 Å². The molecule has 70 valence electrons. The molecule has 0 aliphatic carbocycles. The number of nitrogens with zero attached hydrogens (tertiary/aromatic N) is 1. The minimum Gasteiger partial charge on any atom is -0.481 e. The van der Waals surface area contributed by atoms with Crippen LogP contribution in [0.1, 0.15) is 20.3 Å². The molecule has 0 aromatic rings. The second-order valence-corrected chi connectivity index (χ2v) is 3.47. The van der Waals surface area contributed by atoms with Gasteiger partial charge >= 0.3 is 5.97 Å². The molecular formula is C9H17NO2. The molecule has 1 fully saturated rings. The van der Waals surface area contributed by atoms with Crippen LogP contribution in [0.5, 0.6) is 0 Å². The quantitative estimate of drug-likeness (QED) is 0.690. The second kappa shape index (κ2) is 3.90. The lowest BCUT2D eigenvalue weighted by Crippen LogP contribution is -2.23. The van der Waals surface area contributed by atoms with E-state index in [1.807, 2.05) is 0 Å². The van der Waals surface area contributed by atoms with Crippen LogP contribution in [0.2, 0.25) is 0 Å². The number of hydrogen-bond acceptors (Lipinski definition) is 2. The largest absolute Gasteiger partial charge is 0.481 e. The molecule has 1 heterocycles. The third-order valence-electron chi connectivity index (χ3n) is 2.81. The molecule has 3 nitrogen and oxygen atoms in total. The Balaban J connectivity index is 2.56. The van der Waals surface area contributed by atoms with E-state index in [2.05, 4.69) is 18.7 Å². The predicted octanol–water partition coefficient (Wildman–Crippen LogP) is 1.05. The normalized spacial score (nSPS) is 30.8. The lowest BCUT2D eigenvalue weighted by molar-refractivity contribution is -0.142. The van der Waals surface area contributed by atoms with Gasteiger partial charge in [0, 0.05) is 13.1 Å². The average molecular weight is 171 g/mol. The van der Waals surface area contributed by atoms with Crippen LogP contribution in [-0.4, -0.2) is 35.6 Å². The van der Waals surface area contributed by atoms with Crippen molar-refractivity contribution in [2.45, 2.75) is 20.3 Å². The van der Waals surface area contributed by atoms with Crippen LogP contribution < -0.4 is 0 Å². The monoisotopic (exact) mass is 171 g/mol. The molecule has 1 saturated heterocycles. The zero-order valence-electron chi connectivity index (χ0n) is 7.79. The summed E-state index contributed by atoms with van der Waals surface area (Å²) >= 11 is 0. The molecule has 1 N–H and O–H groups in total. The van der Waals surface area contributed by atoms with E-state index in [0.29, 0.717) is 5.92 Å². The number of likely N-dealkylation sites (tertiary alicyclic amines) is 1. The fraction of sp³-hybridized carbons (Fsp3) is 0.889. The topological polar surface area (TPSA) is 40.5 Å². The first-order chi connectivity index (χ1) is 5.69. The zero-order valence-corrected chi connectivity index (χ0v) is 7.79. The first-order valence-electron chi connectivity index (χ1n) is 4.64. The molecule has 3 heteroatoms. The van der Waals surface area contributed by atoms with Crippen molar-refractivity contribution in [2.75, 3.05) is 19.6 Å². The van der Waals surface area contributed by atoms with Crippen LogP contribution in [0.3, 0.4) is 0 Å². The van der Waals surface area contributed by atoms with Gasteiger partial charge in [0.15, 0.2) is 0 Å². The molecule has 1 rings (SSSR count). The van der Waals surface area contributed by atoms with E-state index >= 15 is 0 Å². The van der Waals surface area contributed by atoms with Crippen LogP contribution in [-0.2, 0) is 4.79 Å². The first kappa shape index (κ1) is 9.52. The van der Waals surface area contributed by atoms with Gasteiger partial charge < -0.3 is 10.0 Å². The van der Waals surface area contributed by atoms with Crippen LogP contribution >= 0.6 is 0 Å². The Bertz CT molecular complexity index is 170. The summed E-state index contributed by atoms with van der Waals surface area (Å²) < 4.78 is 0. The zero-order chi connectivity index (χ0) is 9.14. The highest BCUT2D eigenvalue weighted by molar-refractivity contribution is 5.71. The molecule has 0 bridgehead atoms. The van der Waals surface area contributed by atoms with Crippen LogP contribution in [0.4, 0.5) is 0 Å². The highest BCUT2D eigenvalue weighted by Gasteiger charge is 2.35. The summed E-state index contributed by atoms with van der Waals surface area (Å²) in [5.74, 6) is -0.393. The molecule has 0 radical (unpaired) electrons. The molecule has 2 atom stereocenters. The van der Waals surface area contributed by atoms with Gasteiger partial charge in [-0.25, -0.2) is 0 Å². The second-order valence-electron chi connectivity index (χ2n) is 3.47.